The average Bonchev–Trinajstić information content (AvgIpc) is 2.78. The summed E-state index contributed by atoms with van der Waals surface area (Å²) in [6.45, 7) is 3.32. The van der Waals surface area contributed by atoms with Crippen molar-refractivity contribution in [3.05, 3.63) is 83.7 Å². The highest BCUT2D eigenvalue weighted by Gasteiger charge is 2.17. The van der Waals surface area contributed by atoms with Gasteiger partial charge in [0.05, 0.1) is 18.4 Å². The van der Waals surface area contributed by atoms with Crippen molar-refractivity contribution in [3.63, 3.8) is 0 Å². The zero-order valence-corrected chi connectivity index (χ0v) is 16.3. The summed E-state index contributed by atoms with van der Waals surface area (Å²) in [5.41, 5.74) is 1.97. The van der Waals surface area contributed by atoms with E-state index in [1.807, 2.05) is 42.2 Å². The number of para-hydroxylation sites is 1. The van der Waals surface area contributed by atoms with Gasteiger partial charge in [-0.05, 0) is 30.7 Å². The second kappa shape index (κ2) is 9.45. The summed E-state index contributed by atoms with van der Waals surface area (Å²) in [4.78, 5) is 35.3. The number of anilines is 2. The van der Waals surface area contributed by atoms with E-state index in [-0.39, 0.29) is 11.3 Å². The van der Waals surface area contributed by atoms with Crippen LogP contribution in [-0.4, -0.2) is 35.5 Å². The predicted molar refractivity (Wildman–Crippen MR) is 111 cm³/mol. The molecule has 1 N–H and O–H groups in total. The molecule has 0 atom stereocenters. The molecule has 0 saturated heterocycles. The second-order valence-corrected chi connectivity index (χ2v) is 6.23. The molecular formula is C22H22N4O3. The third kappa shape index (κ3) is 4.95. The predicted octanol–water partition coefficient (Wildman–Crippen LogP) is 3.54. The molecule has 0 radical (unpaired) electrons. The molecule has 1 heterocycles. The Balaban J connectivity index is 1.80. The van der Waals surface area contributed by atoms with Gasteiger partial charge >= 0.3 is 5.97 Å². The molecule has 0 aliphatic heterocycles. The fourth-order valence-electron chi connectivity index (χ4n) is 2.82. The van der Waals surface area contributed by atoms with Crippen LogP contribution in [0, 0.1) is 0 Å². The summed E-state index contributed by atoms with van der Waals surface area (Å²) < 4.78 is 4.76. The van der Waals surface area contributed by atoms with E-state index >= 15 is 0 Å². The van der Waals surface area contributed by atoms with Gasteiger partial charge in [-0.25, -0.2) is 14.8 Å². The summed E-state index contributed by atoms with van der Waals surface area (Å²) in [5.74, 6) is -0.490. The Kier molecular flexibility index (Phi) is 6.52. The van der Waals surface area contributed by atoms with Crippen LogP contribution >= 0.6 is 0 Å². The third-order valence-electron chi connectivity index (χ3n) is 4.34. The second-order valence-electron chi connectivity index (χ2n) is 6.23. The highest BCUT2D eigenvalue weighted by atomic mass is 16.5. The molecule has 0 aliphatic carbocycles. The number of carbonyl (C=O) groups is 2. The number of hydrogen-bond donors (Lipinski definition) is 1. The Hall–Kier alpha value is -3.74. The molecule has 0 aliphatic rings. The highest BCUT2D eigenvalue weighted by Crippen LogP contribution is 2.18. The summed E-state index contributed by atoms with van der Waals surface area (Å²) in [6.07, 6.45) is 1.55. The lowest BCUT2D eigenvalue weighted by molar-refractivity contribution is 0.0602. The number of hydrogen-bond acceptors (Lipinski definition) is 6. The van der Waals surface area contributed by atoms with Crippen LogP contribution in [0.2, 0.25) is 0 Å². The maximum atomic E-state index is 12.7. The Morgan fingerprint density at radius 2 is 1.76 bits per heavy atom. The molecule has 7 nitrogen and oxygen atoms in total. The maximum Gasteiger partial charge on any atom is 0.339 e. The SMILES string of the molecule is CCN(Cc1ccccc1)c1nccc(C(=O)Nc2ccccc2C(=O)OC)n1. The van der Waals surface area contributed by atoms with Crippen molar-refractivity contribution in [2.75, 3.05) is 23.9 Å². The minimum Gasteiger partial charge on any atom is -0.465 e. The lowest BCUT2D eigenvalue weighted by atomic mass is 10.1. The fraction of sp³-hybridized carbons (Fsp3) is 0.182. The average molecular weight is 390 g/mol. The smallest absolute Gasteiger partial charge is 0.339 e. The summed E-state index contributed by atoms with van der Waals surface area (Å²) >= 11 is 0. The van der Waals surface area contributed by atoms with Crippen LogP contribution in [0.15, 0.2) is 66.9 Å². The van der Waals surface area contributed by atoms with Crippen LogP contribution in [0.3, 0.4) is 0 Å². The van der Waals surface area contributed by atoms with Crippen LogP contribution in [-0.2, 0) is 11.3 Å². The van der Waals surface area contributed by atoms with Crippen LogP contribution in [0.1, 0.15) is 33.3 Å². The van der Waals surface area contributed by atoms with E-state index in [9.17, 15) is 9.59 Å². The molecule has 29 heavy (non-hydrogen) atoms. The number of ether oxygens (including phenoxy) is 1. The first-order valence-corrected chi connectivity index (χ1v) is 9.23. The molecule has 2 aromatic carbocycles. The van der Waals surface area contributed by atoms with E-state index in [2.05, 4.69) is 15.3 Å². The Morgan fingerprint density at radius 1 is 1.03 bits per heavy atom. The number of nitrogens with one attached hydrogen (secondary N) is 1. The van der Waals surface area contributed by atoms with Crippen molar-refractivity contribution < 1.29 is 14.3 Å². The number of benzene rings is 2. The van der Waals surface area contributed by atoms with E-state index in [0.717, 1.165) is 5.56 Å². The van der Waals surface area contributed by atoms with E-state index < -0.39 is 11.9 Å². The molecule has 148 valence electrons. The highest BCUT2D eigenvalue weighted by molar-refractivity contribution is 6.07. The molecule has 0 unspecified atom stereocenters. The van der Waals surface area contributed by atoms with Gasteiger partial charge in [-0.15, -0.1) is 0 Å². The summed E-state index contributed by atoms with van der Waals surface area (Å²) in [6, 6.07) is 18.2. The minimum absolute atomic E-state index is 0.209. The molecule has 0 fully saturated rings. The lowest BCUT2D eigenvalue weighted by Gasteiger charge is -2.21. The first-order valence-electron chi connectivity index (χ1n) is 9.23. The largest absolute Gasteiger partial charge is 0.465 e. The number of carbonyl (C=O) groups excluding carboxylic acids is 2. The Labute approximate surface area is 169 Å². The monoisotopic (exact) mass is 390 g/mol. The van der Waals surface area contributed by atoms with Crippen molar-refractivity contribution in [1.29, 1.82) is 0 Å². The first-order chi connectivity index (χ1) is 14.1. The topological polar surface area (TPSA) is 84.4 Å². The van der Waals surface area contributed by atoms with Gasteiger partial charge in [-0.2, -0.15) is 0 Å². The molecule has 0 bridgehead atoms. The van der Waals surface area contributed by atoms with Crippen LogP contribution < -0.4 is 10.2 Å². The quantitative estimate of drug-likeness (QED) is 0.621. The van der Waals surface area contributed by atoms with Gasteiger partial charge in [0.2, 0.25) is 5.95 Å². The maximum absolute atomic E-state index is 12.7. The summed E-state index contributed by atoms with van der Waals surface area (Å²) in [7, 11) is 1.30. The Morgan fingerprint density at radius 3 is 2.48 bits per heavy atom. The number of rotatable bonds is 7. The van der Waals surface area contributed by atoms with E-state index in [1.54, 1.807) is 30.5 Å². The molecular weight excluding hydrogens is 368 g/mol. The van der Waals surface area contributed by atoms with Crippen molar-refractivity contribution in [1.82, 2.24) is 9.97 Å². The van der Waals surface area contributed by atoms with Crippen LogP contribution in [0.4, 0.5) is 11.6 Å². The van der Waals surface area contributed by atoms with E-state index in [1.165, 1.54) is 13.2 Å². The standard InChI is InChI=1S/C22H22N4O3/c1-3-26(15-16-9-5-4-6-10-16)22-23-14-13-19(25-22)20(27)24-18-12-8-7-11-17(18)21(28)29-2/h4-14H,3,15H2,1-2H3,(H,24,27). The number of nitrogens with zero attached hydrogens (tertiary/aromatic N) is 3. The van der Waals surface area contributed by atoms with Gasteiger partial charge in [0.25, 0.3) is 5.91 Å². The Bertz CT molecular complexity index is 992. The number of amides is 1. The zero-order chi connectivity index (χ0) is 20.6. The first kappa shape index (κ1) is 20.0. The number of esters is 1. The third-order valence-corrected chi connectivity index (χ3v) is 4.34. The molecule has 7 heteroatoms. The molecule has 1 amide bonds. The van der Waals surface area contributed by atoms with Crippen molar-refractivity contribution >= 4 is 23.5 Å². The van der Waals surface area contributed by atoms with Crippen molar-refractivity contribution in [2.24, 2.45) is 0 Å². The lowest BCUT2D eigenvalue weighted by Crippen LogP contribution is -2.25. The molecule has 3 aromatic rings. The molecule has 3 rings (SSSR count). The van der Waals surface area contributed by atoms with Gasteiger partial charge in [-0.3, -0.25) is 4.79 Å². The molecule has 0 saturated carbocycles. The zero-order valence-electron chi connectivity index (χ0n) is 16.3. The van der Waals surface area contributed by atoms with Gasteiger partial charge in [-0.1, -0.05) is 42.5 Å². The van der Waals surface area contributed by atoms with E-state index in [4.69, 9.17) is 4.74 Å². The van der Waals surface area contributed by atoms with Crippen molar-refractivity contribution in [3.8, 4) is 0 Å². The number of methoxy groups -OCH3 is 1. The normalized spacial score (nSPS) is 10.3. The summed E-state index contributed by atoms with van der Waals surface area (Å²) in [5, 5.41) is 2.73. The van der Waals surface area contributed by atoms with Crippen LogP contribution in [0.25, 0.3) is 0 Å². The molecule has 0 spiro atoms. The van der Waals surface area contributed by atoms with Gasteiger partial charge in [0.1, 0.15) is 5.69 Å². The number of aromatic nitrogens is 2. The minimum atomic E-state index is -0.524. The van der Waals surface area contributed by atoms with Crippen LogP contribution in [0.5, 0.6) is 0 Å². The fourth-order valence-corrected chi connectivity index (χ4v) is 2.82. The van der Waals surface area contributed by atoms with E-state index in [0.29, 0.717) is 24.7 Å². The van der Waals surface area contributed by atoms with Gasteiger partial charge in [0, 0.05) is 19.3 Å². The van der Waals surface area contributed by atoms with Crippen molar-refractivity contribution in [2.45, 2.75) is 13.5 Å². The van der Waals surface area contributed by atoms with Gasteiger partial charge in [0.15, 0.2) is 0 Å². The van der Waals surface area contributed by atoms with Gasteiger partial charge < -0.3 is 15.0 Å². The molecule has 1 aromatic heterocycles.